The van der Waals surface area contributed by atoms with E-state index in [1.165, 1.54) is 25.7 Å². The molecule has 1 aliphatic heterocycles. The van der Waals surface area contributed by atoms with E-state index in [1.807, 2.05) is 19.9 Å². The van der Waals surface area contributed by atoms with Gasteiger partial charge in [-0.15, -0.1) is 0 Å². The summed E-state index contributed by atoms with van der Waals surface area (Å²) in [5.74, 6) is 0.917. The van der Waals surface area contributed by atoms with Gasteiger partial charge in [-0.1, -0.05) is 6.92 Å². The monoisotopic (exact) mass is 262 g/mol. The Morgan fingerprint density at radius 1 is 1.26 bits per heavy atom. The highest BCUT2D eigenvalue weighted by Crippen LogP contribution is 2.22. The Bertz CT molecular complexity index is 385. The summed E-state index contributed by atoms with van der Waals surface area (Å²) in [4.78, 5) is 11.6. The van der Waals surface area contributed by atoms with Gasteiger partial charge >= 0.3 is 0 Å². The number of nitrogens with one attached hydrogen (secondary N) is 1. The van der Waals surface area contributed by atoms with Crippen LogP contribution in [-0.2, 0) is 0 Å². The number of aryl methyl sites for hydroxylation is 2. The highest BCUT2D eigenvalue weighted by atomic mass is 15.3. The SMILES string of the molecule is CCCNCC1CCCCN1c1nc(C)cc(C)n1. The highest BCUT2D eigenvalue weighted by Gasteiger charge is 2.24. The van der Waals surface area contributed by atoms with Crippen molar-refractivity contribution < 1.29 is 0 Å². The zero-order valence-electron chi connectivity index (χ0n) is 12.4. The molecule has 0 aliphatic carbocycles. The first kappa shape index (κ1) is 14.3. The molecule has 106 valence electrons. The zero-order valence-corrected chi connectivity index (χ0v) is 12.4. The molecule has 0 amide bonds. The lowest BCUT2D eigenvalue weighted by Gasteiger charge is -2.36. The van der Waals surface area contributed by atoms with E-state index in [1.54, 1.807) is 0 Å². The molecule has 1 aromatic rings. The van der Waals surface area contributed by atoms with Crippen molar-refractivity contribution in [3.05, 3.63) is 17.5 Å². The van der Waals surface area contributed by atoms with Crippen LogP contribution < -0.4 is 10.2 Å². The van der Waals surface area contributed by atoms with E-state index in [2.05, 4.69) is 27.1 Å². The fourth-order valence-corrected chi connectivity index (χ4v) is 2.76. The quantitative estimate of drug-likeness (QED) is 0.828. The molecule has 4 heteroatoms. The highest BCUT2D eigenvalue weighted by molar-refractivity contribution is 5.34. The lowest BCUT2D eigenvalue weighted by molar-refractivity contribution is 0.429. The molecule has 1 saturated heterocycles. The van der Waals surface area contributed by atoms with Gasteiger partial charge in [0.15, 0.2) is 0 Å². The van der Waals surface area contributed by atoms with Crippen molar-refractivity contribution in [2.45, 2.75) is 52.5 Å². The van der Waals surface area contributed by atoms with E-state index in [9.17, 15) is 0 Å². The summed E-state index contributed by atoms with van der Waals surface area (Å²) in [7, 11) is 0. The van der Waals surface area contributed by atoms with Gasteiger partial charge < -0.3 is 10.2 Å². The Kier molecular flexibility index (Phi) is 5.14. The summed E-state index contributed by atoms with van der Waals surface area (Å²) >= 11 is 0. The fourth-order valence-electron chi connectivity index (χ4n) is 2.76. The van der Waals surface area contributed by atoms with Crippen LogP contribution in [0.1, 0.15) is 44.0 Å². The van der Waals surface area contributed by atoms with E-state index in [-0.39, 0.29) is 0 Å². The molecule has 1 atom stereocenters. The first-order valence-corrected chi connectivity index (χ1v) is 7.50. The number of rotatable bonds is 5. The molecule has 1 aromatic heterocycles. The van der Waals surface area contributed by atoms with Crippen LogP contribution in [0.25, 0.3) is 0 Å². The molecular formula is C15H26N4. The van der Waals surface area contributed by atoms with E-state index in [0.29, 0.717) is 6.04 Å². The Morgan fingerprint density at radius 2 is 2.00 bits per heavy atom. The predicted molar refractivity (Wildman–Crippen MR) is 79.7 cm³/mol. The van der Waals surface area contributed by atoms with Crippen molar-refractivity contribution in [2.75, 3.05) is 24.5 Å². The van der Waals surface area contributed by atoms with Gasteiger partial charge in [0.25, 0.3) is 0 Å². The third kappa shape index (κ3) is 3.90. The normalized spacial score (nSPS) is 19.7. The molecule has 1 fully saturated rings. The summed E-state index contributed by atoms with van der Waals surface area (Å²) in [5.41, 5.74) is 2.13. The van der Waals surface area contributed by atoms with Gasteiger partial charge in [-0.05, 0) is 52.1 Å². The lowest BCUT2D eigenvalue weighted by atomic mass is 10.0. The van der Waals surface area contributed by atoms with E-state index >= 15 is 0 Å². The minimum Gasteiger partial charge on any atom is -0.337 e. The van der Waals surface area contributed by atoms with Crippen molar-refractivity contribution in [1.82, 2.24) is 15.3 Å². The van der Waals surface area contributed by atoms with Gasteiger partial charge in [0.05, 0.1) is 0 Å². The topological polar surface area (TPSA) is 41.0 Å². The van der Waals surface area contributed by atoms with Crippen LogP contribution in [0.5, 0.6) is 0 Å². The molecule has 1 aliphatic rings. The third-order valence-corrected chi connectivity index (χ3v) is 3.66. The van der Waals surface area contributed by atoms with Crippen LogP contribution in [0.15, 0.2) is 6.07 Å². The van der Waals surface area contributed by atoms with Crippen LogP contribution >= 0.6 is 0 Å². The Hall–Kier alpha value is -1.16. The van der Waals surface area contributed by atoms with Crippen LogP contribution in [0.4, 0.5) is 5.95 Å². The van der Waals surface area contributed by atoms with Crippen LogP contribution in [0.2, 0.25) is 0 Å². The van der Waals surface area contributed by atoms with Crippen LogP contribution in [0.3, 0.4) is 0 Å². The van der Waals surface area contributed by atoms with Crippen LogP contribution in [0, 0.1) is 13.8 Å². The van der Waals surface area contributed by atoms with Gasteiger partial charge in [0.1, 0.15) is 0 Å². The summed E-state index contributed by atoms with van der Waals surface area (Å²) in [5, 5.41) is 3.54. The number of hydrogen-bond donors (Lipinski definition) is 1. The molecule has 1 N–H and O–H groups in total. The molecule has 0 spiro atoms. The standard InChI is InChI=1S/C15H26N4/c1-4-8-16-11-14-7-5-6-9-19(14)15-17-12(2)10-13(3)18-15/h10,14,16H,4-9,11H2,1-3H3. The van der Waals surface area contributed by atoms with Crippen molar-refractivity contribution in [2.24, 2.45) is 0 Å². The van der Waals surface area contributed by atoms with Gasteiger partial charge in [-0.2, -0.15) is 0 Å². The van der Waals surface area contributed by atoms with Gasteiger partial charge in [-0.25, -0.2) is 9.97 Å². The van der Waals surface area contributed by atoms with Crippen molar-refractivity contribution in [3.63, 3.8) is 0 Å². The smallest absolute Gasteiger partial charge is 0.226 e. The average molecular weight is 262 g/mol. The Labute approximate surface area is 116 Å². The molecule has 19 heavy (non-hydrogen) atoms. The minimum absolute atomic E-state index is 0.543. The first-order chi connectivity index (χ1) is 9.20. The summed E-state index contributed by atoms with van der Waals surface area (Å²) < 4.78 is 0. The maximum Gasteiger partial charge on any atom is 0.226 e. The molecule has 0 bridgehead atoms. The summed E-state index contributed by atoms with van der Waals surface area (Å²) in [6.45, 7) is 9.53. The Balaban J connectivity index is 2.09. The number of piperidine rings is 1. The predicted octanol–water partition coefficient (Wildman–Crippen LogP) is 2.45. The second-order valence-corrected chi connectivity index (χ2v) is 5.50. The van der Waals surface area contributed by atoms with E-state index < -0.39 is 0 Å². The van der Waals surface area contributed by atoms with Gasteiger partial charge in [-0.3, -0.25) is 0 Å². The fraction of sp³-hybridized carbons (Fsp3) is 0.733. The van der Waals surface area contributed by atoms with E-state index in [4.69, 9.17) is 0 Å². The third-order valence-electron chi connectivity index (χ3n) is 3.66. The molecule has 1 unspecified atom stereocenters. The molecule has 2 heterocycles. The van der Waals surface area contributed by atoms with E-state index in [0.717, 1.165) is 37.0 Å². The molecule has 0 saturated carbocycles. The maximum atomic E-state index is 4.62. The molecular weight excluding hydrogens is 236 g/mol. The number of aromatic nitrogens is 2. The largest absolute Gasteiger partial charge is 0.337 e. The molecule has 2 rings (SSSR count). The van der Waals surface area contributed by atoms with Gasteiger partial charge in [0.2, 0.25) is 5.95 Å². The minimum atomic E-state index is 0.543. The molecule has 4 nitrogen and oxygen atoms in total. The number of nitrogens with zero attached hydrogens (tertiary/aromatic N) is 3. The lowest BCUT2D eigenvalue weighted by Crippen LogP contribution is -2.46. The first-order valence-electron chi connectivity index (χ1n) is 7.50. The zero-order chi connectivity index (χ0) is 13.7. The maximum absolute atomic E-state index is 4.62. The molecule has 0 radical (unpaired) electrons. The second kappa shape index (κ2) is 6.85. The van der Waals surface area contributed by atoms with Crippen LogP contribution in [-0.4, -0.2) is 35.6 Å². The molecule has 0 aromatic carbocycles. The van der Waals surface area contributed by atoms with Crippen molar-refractivity contribution >= 4 is 5.95 Å². The number of hydrogen-bond acceptors (Lipinski definition) is 4. The average Bonchev–Trinajstić information content (AvgIpc) is 2.38. The Morgan fingerprint density at radius 3 is 2.68 bits per heavy atom. The summed E-state index contributed by atoms with van der Waals surface area (Å²) in [6.07, 6.45) is 5.00. The second-order valence-electron chi connectivity index (χ2n) is 5.50. The van der Waals surface area contributed by atoms with Gasteiger partial charge in [0, 0.05) is 30.5 Å². The summed E-state index contributed by atoms with van der Waals surface area (Å²) in [6, 6.07) is 2.58. The van der Waals surface area contributed by atoms with Crippen molar-refractivity contribution in [3.8, 4) is 0 Å². The van der Waals surface area contributed by atoms with Crippen molar-refractivity contribution in [1.29, 1.82) is 0 Å². The number of anilines is 1.